The van der Waals surface area contributed by atoms with E-state index in [0.29, 0.717) is 23.0 Å². The van der Waals surface area contributed by atoms with Gasteiger partial charge in [0.05, 0.1) is 22.5 Å². The highest BCUT2D eigenvalue weighted by Gasteiger charge is 2.51. The fraction of sp³-hybridized carbons (Fsp3) is 0.438. The summed E-state index contributed by atoms with van der Waals surface area (Å²) in [5.41, 5.74) is 1.23. The minimum absolute atomic E-state index is 0.0288. The molecule has 1 aliphatic heterocycles. The third-order valence-corrected chi connectivity index (χ3v) is 14.9. The van der Waals surface area contributed by atoms with Gasteiger partial charge < -0.3 is 9.16 Å². The van der Waals surface area contributed by atoms with Gasteiger partial charge in [0.15, 0.2) is 0 Å². The van der Waals surface area contributed by atoms with Gasteiger partial charge in [0.1, 0.15) is 0 Å². The molecule has 0 saturated carbocycles. The van der Waals surface area contributed by atoms with Gasteiger partial charge in [0.25, 0.3) is 8.32 Å². The van der Waals surface area contributed by atoms with Crippen LogP contribution >= 0.6 is 23.5 Å². The zero-order chi connectivity index (χ0) is 26.5. The van der Waals surface area contributed by atoms with Crippen molar-refractivity contribution in [1.29, 1.82) is 0 Å². The summed E-state index contributed by atoms with van der Waals surface area (Å²) in [4.78, 5) is 0. The van der Waals surface area contributed by atoms with E-state index in [1.165, 1.54) is 15.9 Å². The monoisotopic (exact) mass is 550 g/mol. The van der Waals surface area contributed by atoms with Crippen LogP contribution in [0.5, 0.6) is 0 Å². The van der Waals surface area contributed by atoms with Gasteiger partial charge in [-0.15, -0.1) is 23.5 Å². The zero-order valence-electron chi connectivity index (χ0n) is 23.1. The average molecular weight is 551 g/mol. The van der Waals surface area contributed by atoms with Crippen molar-refractivity contribution in [2.75, 3.05) is 6.61 Å². The Morgan fingerprint density at radius 1 is 0.784 bits per heavy atom. The molecule has 3 aromatic rings. The first-order valence-corrected chi connectivity index (χ1v) is 17.1. The quantitative estimate of drug-likeness (QED) is 0.257. The van der Waals surface area contributed by atoms with Crippen molar-refractivity contribution < 1.29 is 9.16 Å². The summed E-state index contributed by atoms with van der Waals surface area (Å²) in [7, 11) is -2.58. The van der Waals surface area contributed by atoms with E-state index in [-0.39, 0.29) is 15.9 Å². The fourth-order valence-corrected chi connectivity index (χ4v) is 13.7. The molecule has 5 heteroatoms. The summed E-state index contributed by atoms with van der Waals surface area (Å²) < 4.78 is 14.7. The van der Waals surface area contributed by atoms with E-state index in [9.17, 15) is 0 Å². The van der Waals surface area contributed by atoms with Crippen molar-refractivity contribution in [3.8, 4) is 0 Å². The Morgan fingerprint density at radius 3 is 1.78 bits per heavy atom. The molecule has 3 aromatic carbocycles. The maximum atomic E-state index is 7.34. The molecule has 0 radical (unpaired) electrons. The van der Waals surface area contributed by atoms with Gasteiger partial charge in [0.2, 0.25) is 0 Å². The van der Waals surface area contributed by atoms with Gasteiger partial charge in [0, 0.05) is 11.4 Å². The van der Waals surface area contributed by atoms with Gasteiger partial charge in [-0.3, -0.25) is 0 Å². The molecule has 3 atom stereocenters. The molecule has 37 heavy (non-hydrogen) atoms. The molecule has 1 heterocycles. The average Bonchev–Trinajstić information content (AvgIpc) is 3.24. The van der Waals surface area contributed by atoms with Gasteiger partial charge in [-0.25, -0.2) is 0 Å². The summed E-state index contributed by atoms with van der Waals surface area (Å²) in [6, 6.07) is 32.4. The fourth-order valence-electron chi connectivity index (χ4n) is 5.22. The Hall–Kier alpha value is -1.50. The molecule has 0 aliphatic carbocycles. The number of ether oxygens (including phenoxy) is 1. The van der Waals surface area contributed by atoms with Crippen molar-refractivity contribution in [3.63, 3.8) is 0 Å². The molecule has 0 amide bonds. The van der Waals surface area contributed by atoms with Crippen LogP contribution in [0.1, 0.15) is 53.5 Å². The van der Waals surface area contributed by atoms with Crippen LogP contribution in [-0.2, 0) is 15.8 Å². The summed E-state index contributed by atoms with van der Waals surface area (Å²) >= 11 is 4.12. The van der Waals surface area contributed by atoms with Gasteiger partial charge >= 0.3 is 0 Å². The van der Waals surface area contributed by atoms with E-state index in [1.807, 2.05) is 0 Å². The van der Waals surface area contributed by atoms with E-state index in [1.54, 1.807) is 0 Å². The van der Waals surface area contributed by atoms with Gasteiger partial charge in [-0.05, 0) is 27.4 Å². The normalized spacial score (nSPS) is 20.8. The number of rotatable bonds is 9. The van der Waals surface area contributed by atoms with Crippen LogP contribution in [0.15, 0.2) is 91.0 Å². The number of thioether (sulfide) groups is 2. The standard InChI is InChI=1S/C32H42O2S2Si/c1-31(2,3)36-30-22-28(33-23-25-16-10-7-11-17-25)29(35-30)24-34-37(32(4,5)6,26-18-12-8-13-19-26)27-20-14-9-15-21-27/h7-21,28-30H,22-24H2,1-6H3/t28-,29+,30?/m0/s1. The Labute approximate surface area is 234 Å². The first-order chi connectivity index (χ1) is 17.6. The lowest BCUT2D eigenvalue weighted by Gasteiger charge is -2.43. The molecule has 198 valence electrons. The molecule has 0 aromatic heterocycles. The highest BCUT2D eigenvalue weighted by molar-refractivity contribution is 8.18. The van der Waals surface area contributed by atoms with E-state index in [0.717, 1.165) is 6.42 Å². The topological polar surface area (TPSA) is 18.5 Å². The van der Waals surface area contributed by atoms with Crippen LogP contribution in [0.25, 0.3) is 0 Å². The van der Waals surface area contributed by atoms with Crippen molar-refractivity contribution in [2.45, 2.75) is 80.3 Å². The SMILES string of the molecule is CC(C)(C)SC1C[C@H](OCc2ccccc2)[C@@H](CO[Si](c2ccccc2)(c2ccccc2)C(C)(C)C)S1. The molecular weight excluding hydrogens is 509 g/mol. The first kappa shape index (κ1) is 28.5. The molecular formula is C32H42O2S2Si. The molecule has 4 rings (SSSR count). The first-order valence-electron chi connectivity index (χ1n) is 13.3. The van der Waals surface area contributed by atoms with Crippen LogP contribution in [0, 0.1) is 0 Å². The Morgan fingerprint density at radius 2 is 1.30 bits per heavy atom. The maximum Gasteiger partial charge on any atom is 0.261 e. The number of hydrogen-bond acceptors (Lipinski definition) is 4. The smallest absolute Gasteiger partial charge is 0.261 e. The van der Waals surface area contributed by atoms with Crippen LogP contribution < -0.4 is 10.4 Å². The molecule has 1 unspecified atom stereocenters. The maximum absolute atomic E-state index is 7.34. The second-order valence-corrected chi connectivity index (χ2v) is 20.0. The summed E-state index contributed by atoms with van der Waals surface area (Å²) in [5.74, 6) is 0. The zero-order valence-corrected chi connectivity index (χ0v) is 25.8. The predicted octanol–water partition coefficient (Wildman–Crippen LogP) is 7.51. The van der Waals surface area contributed by atoms with Crippen molar-refractivity contribution >= 4 is 42.2 Å². The second kappa shape index (κ2) is 12.1. The Bertz CT molecular complexity index is 1050. The lowest BCUT2D eigenvalue weighted by atomic mass is 10.2. The molecule has 1 fully saturated rings. The third kappa shape index (κ3) is 7.13. The molecule has 0 spiro atoms. The van der Waals surface area contributed by atoms with Gasteiger partial charge in [-0.1, -0.05) is 133 Å². The summed E-state index contributed by atoms with van der Waals surface area (Å²) in [5, 5.41) is 2.93. The van der Waals surface area contributed by atoms with Crippen LogP contribution in [0.3, 0.4) is 0 Å². The summed E-state index contributed by atoms with van der Waals surface area (Å²) in [6.45, 7) is 15.3. The van der Waals surface area contributed by atoms with E-state index in [4.69, 9.17) is 9.16 Å². The largest absolute Gasteiger partial charge is 0.406 e. The predicted molar refractivity (Wildman–Crippen MR) is 166 cm³/mol. The molecule has 1 saturated heterocycles. The van der Waals surface area contributed by atoms with Gasteiger partial charge in [-0.2, -0.15) is 0 Å². The van der Waals surface area contributed by atoms with Crippen molar-refractivity contribution in [2.24, 2.45) is 0 Å². The molecule has 0 N–H and O–H groups in total. The minimum Gasteiger partial charge on any atom is -0.406 e. The highest BCUT2D eigenvalue weighted by Crippen LogP contribution is 2.47. The number of benzene rings is 3. The Kier molecular flexibility index (Phi) is 9.34. The van der Waals surface area contributed by atoms with Crippen molar-refractivity contribution in [3.05, 3.63) is 96.6 Å². The highest BCUT2D eigenvalue weighted by atomic mass is 32.2. The third-order valence-electron chi connectivity index (χ3n) is 6.84. The number of hydrogen-bond donors (Lipinski definition) is 0. The minimum atomic E-state index is -2.58. The lowest BCUT2D eigenvalue weighted by molar-refractivity contribution is 0.0326. The second-order valence-electron chi connectivity index (χ2n) is 11.9. The van der Waals surface area contributed by atoms with Crippen LogP contribution in [0.4, 0.5) is 0 Å². The van der Waals surface area contributed by atoms with Crippen LogP contribution in [0.2, 0.25) is 5.04 Å². The van der Waals surface area contributed by atoms with E-state index < -0.39 is 8.32 Å². The van der Waals surface area contributed by atoms with Crippen LogP contribution in [-0.4, -0.2) is 35.6 Å². The molecule has 2 nitrogen and oxygen atoms in total. The van der Waals surface area contributed by atoms with E-state index in [2.05, 4.69) is 156 Å². The Balaban J connectivity index is 1.62. The van der Waals surface area contributed by atoms with Crippen molar-refractivity contribution in [1.82, 2.24) is 0 Å². The summed E-state index contributed by atoms with van der Waals surface area (Å²) in [6.07, 6.45) is 1.22. The van der Waals surface area contributed by atoms with E-state index >= 15 is 0 Å². The molecule has 0 bridgehead atoms. The lowest BCUT2D eigenvalue weighted by Crippen LogP contribution is -2.67. The molecule has 1 aliphatic rings.